The van der Waals surface area contributed by atoms with Crippen molar-refractivity contribution in [2.24, 2.45) is 11.8 Å². The number of rotatable bonds is 11. The van der Waals surface area contributed by atoms with Crippen LogP contribution < -0.4 is 15.0 Å². The maximum atomic E-state index is 13.0. The largest absolute Gasteiger partial charge is 0.417 e. The van der Waals surface area contributed by atoms with Crippen LogP contribution in [0.4, 0.5) is 16.2 Å². The van der Waals surface area contributed by atoms with Gasteiger partial charge in [0, 0.05) is 23.7 Å². The second kappa shape index (κ2) is 13.1. The van der Waals surface area contributed by atoms with E-state index in [9.17, 15) is 4.79 Å². The summed E-state index contributed by atoms with van der Waals surface area (Å²) >= 11 is 5.96. The fraction of sp³-hybridized carbons (Fsp3) is 0.357. The van der Waals surface area contributed by atoms with Gasteiger partial charge in [0.25, 0.3) is 0 Å². The molecule has 0 fully saturated rings. The van der Waals surface area contributed by atoms with Crippen molar-refractivity contribution >= 4 is 40.2 Å². The molecule has 37 heavy (non-hydrogen) atoms. The van der Waals surface area contributed by atoms with E-state index in [0.717, 1.165) is 36.3 Å². The predicted molar refractivity (Wildman–Crippen MR) is 151 cm³/mol. The van der Waals surface area contributed by atoms with Crippen LogP contribution in [0.15, 0.2) is 55.1 Å². The Labute approximate surface area is 223 Å². The van der Waals surface area contributed by atoms with Crippen LogP contribution >= 0.6 is 11.6 Å². The van der Waals surface area contributed by atoms with Gasteiger partial charge in [-0.2, -0.15) is 5.21 Å². The highest BCUT2D eigenvalue weighted by atomic mass is 35.5. The lowest BCUT2D eigenvalue weighted by molar-refractivity contribution is 0.215. The van der Waals surface area contributed by atoms with E-state index >= 15 is 0 Å². The number of amides is 1. The monoisotopic (exact) mass is 522 g/mol. The first-order chi connectivity index (χ1) is 17.7. The number of carbonyl (C=O) groups is 1. The Morgan fingerprint density at radius 1 is 1.14 bits per heavy atom. The quantitative estimate of drug-likeness (QED) is 0.261. The molecule has 0 spiro atoms. The van der Waals surface area contributed by atoms with Crippen molar-refractivity contribution in [1.82, 2.24) is 20.6 Å². The molecule has 2 N–H and O–H groups in total. The van der Waals surface area contributed by atoms with E-state index in [1.54, 1.807) is 24.3 Å². The van der Waals surface area contributed by atoms with Gasteiger partial charge in [0.1, 0.15) is 5.75 Å². The normalized spacial score (nSPS) is 11.6. The Hall–Kier alpha value is -3.65. The zero-order valence-corrected chi connectivity index (χ0v) is 22.8. The molecule has 0 bridgehead atoms. The number of hydrogen-bond donors (Lipinski definition) is 2. The third kappa shape index (κ3) is 7.92. The van der Waals surface area contributed by atoms with Crippen molar-refractivity contribution in [3.63, 3.8) is 0 Å². The molecule has 0 aliphatic heterocycles. The number of aromatic amines is 1. The van der Waals surface area contributed by atoms with Gasteiger partial charge in [-0.15, -0.1) is 10.2 Å². The molecular weight excluding hydrogens is 488 g/mol. The van der Waals surface area contributed by atoms with Crippen LogP contribution in [0, 0.1) is 11.8 Å². The SMILES string of the molecule is C=C(/C(=C\CC)c1ccc(N(CC(C)C)CC(C)C)c(NC(=O)Oc2ccc(Cl)cc2)c1)c1nn[nH]n1. The molecule has 9 heteroatoms. The lowest BCUT2D eigenvalue weighted by atomic mass is 9.96. The number of benzene rings is 2. The van der Waals surface area contributed by atoms with Crippen LogP contribution in [0.2, 0.25) is 5.02 Å². The van der Waals surface area contributed by atoms with Gasteiger partial charge >= 0.3 is 6.09 Å². The number of H-pyrrole nitrogens is 1. The van der Waals surface area contributed by atoms with Gasteiger partial charge in [-0.1, -0.05) is 64.9 Å². The van der Waals surface area contributed by atoms with Crippen molar-refractivity contribution in [2.45, 2.75) is 41.0 Å². The highest BCUT2D eigenvalue weighted by molar-refractivity contribution is 6.30. The molecule has 3 aromatic rings. The lowest BCUT2D eigenvalue weighted by Crippen LogP contribution is -2.32. The maximum absolute atomic E-state index is 13.0. The Kier molecular flexibility index (Phi) is 9.85. The minimum Gasteiger partial charge on any atom is -0.410 e. The van der Waals surface area contributed by atoms with E-state index in [0.29, 0.717) is 39.7 Å². The third-order valence-electron chi connectivity index (χ3n) is 5.43. The number of halogens is 1. The summed E-state index contributed by atoms with van der Waals surface area (Å²) < 4.78 is 5.53. The fourth-order valence-corrected chi connectivity index (χ4v) is 4.13. The molecule has 1 aromatic heterocycles. The van der Waals surface area contributed by atoms with Gasteiger partial charge in [-0.25, -0.2) is 4.79 Å². The highest BCUT2D eigenvalue weighted by Gasteiger charge is 2.20. The van der Waals surface area contributed by atoms with Crippen molar-refractivity contribution in [3.8, 4) is 5.75 Å². The number of aromatic nitrogens is 4. The molecule has 0 unspecified atom stereocenters. The average molecular weight is 523 g/mol. The summed E-state index contributed by atoms with van der Waals surface area (Å²) in [6.07, 6.45) is 2.25. The molecule has 0 aliphatic rings. The van der Waals surface area contributed by atoms with Crippen LogP contribution in [0.25, 0.3) is 11.1 Å². The average Bonchev–Trinajstić information content (AvgIpc) is 3.38. The zero-order chi connectivity index (χ0) is 26.9. The molecule has 1 amide bonds. The van der Waals surface area contributed by atoms with Crippen LogP contribution in [0.3, 0.4) is 0 Å². The summed E-state index contributed by atoms with van der Waals surface area (Å²) in [4.78, 5) is 15.3. The number of anilines is 2. The fourth-order valence-electron chi connectivity index (χ4n) is 4.01. The van der Waals surface area contributed by atoms with Crippen molar-refractivity contribution in [1.29, 1.82) is 0 Å². The number of nitrogens with one attached hydrogen (secondary N) is 2. The molecule has 196 valence electrons. The van der Waals surface area contributed by atoms with Crippen LogP contribution in [-0.4, -0.2) is 39.8 Å². The van der Waals surface area contributed by atoms with E-state index in [1.807, 2.05) is 25.1 Å². The predicted octanol–water partition coefficient (Wildman–Crippen LogP) is 7.09. The van der Waals surface area contributed by atoms with Gasteiger partial charge in [0.2, 0.25) is 5.82 Å². The van der Waals surface area contributed by atoms with Crippen LogP contribution in [0.5, 0.6) is 5.75 Å². The van der Waals surface area contributed by atoms with Gasteiger partial charge in [0.05, 0.1) is 11.4 Å². The topological polar surface area (TPSA) is 96.0 Å². The Bertz CT molecular complexity index is 1210. The number of nitrogens with zero attached hydrogens (tertiary/aromatic N) is 4. The van der Waals surface area contributed by atoms with Gasteiger partial charge in [0.15, 0.2) is 0 Å². The molecule has 2 aromatic carbocycles. The lowest BCUT2D eigenvalue weighted by Gasteiger charge is -2.30. The maximum Gasteiger partial charge on any atom is 0.417 e. The van der Waals surface area contributed by atoms with Gasteiger partial charge < -0.3 is 9.64 Å². The Morgan fingerprint density at radius 2 is 1.81 bits per heavy atom. The van der Waals surface area contributed by atoms with E-state index in [1.165, 1.54) is 0 Å². The molecule has 0 atom stereocenters. The van der Waals surface area contributed by atoms with E-state index in [-0.39, 0.29) is 0 Å². The second-order valence-electron chi connectivity index (χ2n) is 9.63. The molecule has 8 nitrogen and oxygen atoms in total. The molecule has 0 aliphatic carbocycles. The van der Waals surface area contributed by atoms with E-state index < -0.39 is 6.09 Å². The zero-order valence-electron chi connectivity index (χ0n) is 22.1. The van der Waals surface area contributed by atoms with Crippen LogP contribution in [-0.2, 0) is 0 Å². The van der Waals surface area contributed by atoms with Crippen molar-refractivity contribution in [3.05, 3.63) is 71.5 Å². The number of tetrazole rings is 1. The van der Waals surface area contributed by atoms with E-state index in [4.69, 9.17) is 16.3 Å². The van der Waals surface area contributed by atoms with Gasteiger partial charge in [-0.3, -0.25) is 5.32 Å². The molecule has 3 rings (SSSR count). The Balaban J connectivity index is 2.02. The van der Waals surface area contributed by atoms with E-state index in [2.05, 4.69) is 71.2 Å². The summed E-state index contributed by atoms with van der Waals surface area (Å²) in [7, 11) is 0. The first-order valence-corrected chi connectivity index (χ1v) is 12.8. The third-order valence-corrected chi connectivity index (χ3v) is 5.68. The summed E-state index contributed by atoms with van der Waals surface area (Å²) in [6.45, 7) is 16.6. The molecule has 0 saturated heterocycles. The van der Waals surface area contributed by atoms with Gasteiger partial charge in [-0.05, 0) is 71.0 Å². The number of hydrogen-bond acceptors (Lipinski definition) is 6. The summed E-state index contributed by atoms with van der Waals surface area (Å²) in [5.74, 6) is 1.68. The van der Waals surface area contributed by atoms with Crippen molar-refractivity contribution < 1.29 is 9.53 Å². The summed E-state index contributed by atoms with van der Waals surface area (Å²) in [6, 6.07) is 12.7. The van der Waals surface area contributed by atoms with Crippen molar-refractivity contribution in [2.75, 3.05) is 23.3 Å². The number of allylic oxidation sites excluding steroid dienone is 3. The smallest absolute Gasteiger partial charge is 0.410 e. The first kappa shape index (κ1) is 27.9. The molecular formula is C28H35ClN6O2. The Morgan fingerprint density at radius 3 is 2.38 bits per heavy atom. The first-order valence-electron chi connectivity index (χ1n) is 12.4. The summed E-state index contributed by atoms with van der Waals surface area (Å²) in [5, 5.41) is 17.8. The molecule has 0 radical (unpaired) electrons. The second-order valence-corrected chi connectivity index (χ2v) is 10.1. The molecule has 1 heterocycles. The minimum absolute atomic E-state index is 0.401. The highest BCUT2D eigenvalue weighted by Crippen LogP contribution is 2.35. The molecule has 0 saturated carbocycles. The number of ether oxygens (including phenoxy) is 1. The summed E-state index contributed by atoms with van der Waals surface area (Å²) in [5.41, 5.74) is 3.93. The number of carbonyl (C=O) groups excluding carboxylic acids is 1. The minimum atomic E-state index is -0.590. The standard InChI is InChI=1S/C28H35ClN6O2/c1-7-8-24(20(6)27-31-33-34-32-27)21-9-14-26(35(16-18(2)3)17-19(4)5)25(15-21)30-28(36)37-23-12-10-22(29)11-13-23/h8-15,18-19H,6-7,16-17H2,1-5H3,(H,30,36)(H,31,32,33,34)/b24-8+. The van der Waals surface area contributed by atoms with Crippen LogP contribution in [0.1, 0.15) is 52.4 Å².